The van der Waals surface area contributed by atoms with Crippen LogP contribution in [0.2, 0.25) is 0 Å². The zero-order valence-electron chi connectivity index (χ0n) is 32.3. The predicted molar refractivity (Wildman–Crippen MR) is 220 cm³/mol. The molecule has 0 radical (unpaired) electrons. The number of hydrogen-bond donors (Lipinski definition) is 1. The largest absolute Gasteiger partial charge is 0.497 e. The second kappa shape index (κ2) is 16.4. The predicted octanol–water partition coefficient (Wildman–Crippen LogP) is 7.74. The molecule has 0 aliphatic carbocycles. The third kappa shape index (κ3) is 7.60. The SMILES string of the molecule is COc1ccc(C2=CN3C(=O)c4cc(OC)c(OCCCCCOc5cc6c(cc5OC)C(=O)N5C=C(c7ccc(CN)cc7)C[C@H]5C=N6)cc4N=C[C@@H]3C2)cc1. The van der Waals surface area contributed by atoms with Gasteiger partial charge in [0.1, 0.15) is 5.75 Å². The van der Waals surface area contributed by atoms with Crippen LogP contribution >= 0.6 is 0 Å². The number of fused-ring (bicyclic) bond motifs is 4. The number of carbonyl (C=O) groups is 2. The van der Waals surface area contributed by atoms with Crippen LogP contribution in [0.1, 0.15) is 69.5 Å². The van der Waals surface area contributed by atoms with Gasteiger partial charge in [-0.2, -0.15) is 0 Å². The van der Waals surface area contributed by atoms with Gasteiger partial charge in [0.05, 0.1) is 69.1 Å². The number of unbranched alkanes of at least 4 members (excludes halogenated alkanes) is 2. The highest BCUT2D eigenvalue weighted by molar-refractivity contribution is 6.06. The molecule has 0 saturated heterocycles. The van der Waals surface area contributed by atoms with E-state index in [9.17, 15) is 9.59 Å². The topological polar surface area (TPSA) is 138 Å². The van der Waals surface area contributed by atoms with Crippen molar-refractivity contribution in [1.82, 2.24) is 9.80 Å². The van der Waals surface area contributed by atoms with E-state index in [4.69, 9.17) is 39.4 Å². The number of nitrogens with two attached hydrogens (primary N) is 1. The first-order valence-electron chi connectivity index (χ1n) is 19.2. The summed E-state index contributed by atoms with van der Waals surface area (Å²) in [6, 6.07) is 22.6. The van der Waals surface area contributed by atoms with Crippen LogP contribution < -0.4 is 29.4 Å². The minimum Gasteiger partial charge on any atom is -0.497 e. The first-order valence-corrected chi connectivity index (χ1v) is 19.2. The fraction of sp³-hybridized carbons (Fsp3) is 0.289. The van der Waals surface area contributed by atoms with Crippen molar-refractivity contribution < 1.29 is 33.3 Å². The maximum Gasteiger partial charge on any atom is 0.260 e. The standard InChI is InChI=1S/C45H45N5O7/c1-53-35-13-11-30(12-14-35)32-18-34-25-48-39-22-43(41(55-3)20-37(39)45(52)50(34)27-32)57-16-6-4-5-15-56-42-21-38-36(19-40(42)54-2)44(51)49-26-31(17-33(49)24-47-38)29-9-7-28(23-46)8-10-29/h7-14,19-22,24-27,33-34H,4-6,15-18,23,46H2,1-3H3/t33-,34-/m0/s1. The lowest BCUT2D eigenvalue weighted by molar-refractivity contribution is 0.0809. The van der Waals surface area contributed by atoms with Crippen molar-refractivity contribution >= 4 is 46.8 Å². The molecule has 0 spiro atoms. The lowest BCUT2D eigenvalue weighted by Gasteiger charge is -2.19. The Labute approximate surface area is 331 Å². The van der Waals surface area contributed by atoms with Crippen molar-refractivity contribution in [1.29, 1.82) is 0 Å². The molecule has 292 valence electrons. The molecule has 4 aliphatic rings. The van der Waals surface area contributed by atoms with Crippen molar-refractivity contribution in [3.8, 4) is 28.7 Å². The van der Waals surface area contributed by atoms with Crippen LogP contribution in [0, 0.1) is 0 Å². The highest BCUT2D eigenvalue weighted by Crippen LogP contribution is 2.42. The highest BCUT2D eigenvalue weighted by Gasteiger charge is 2.35. The van der Waals surface area contributed by atoms with Gasteiger partial charge in [0.2, 0.25) is 0 Å². The summed E-state index contributed by atoms with van der Waals surface area (Å²) in [4.78, 5) is 40.4. The summed E-state index contributed by atoms with van der Waals surface area (Å²) in [6.07, 6.45) is 11.2. The van der Waals surface area contributed by atoms with Gasteiger partial charge in [0.15, 0.2) is 23.0 Å². The zero-order chi connectivity index (χ0) is 39.5. The summed E-state index contributed by atoms with van der Waals surface area (Å²) in [7, 11) is 4.77. The number of carbonyl (C=O) groups excluding carboxylic acids is 2. The van der Waals surface area contributed by atoms with Gasteiger partial charge in [-0.3, -0.25) is 19.6 Å². The second-order valence-corrected chi connectivity index (χ2v) is 14.3. The van der Waals surface area contributed by atoms with E-state index in [0.29, 0.717) is 78.1 Å². The molecular formula is C45H45N5O7. The Bertz CT molecular complexity index is 2140. The molecule has 12 heteroatoms. The lowest BCUT2D eigenvalue weighted by atomic mass is 10.0. The molecule has 0 fully saturated rings. The third-order valence-electron chi connectivity index (χ3n) is 10.8. The quantitative estimate of drug-likeness (QED) is 0.129. The minimum atomic E-state index is -0.184. The second-order valence-electron chi connectivity index (χ2n) is 14.3. The maximum atomic E-state index is 13.7. The van der Waals surface area contributed by atoms with Crippen LogP contribution in [-0.2, 0) is 6.54 Å². The van der Waals surface area contributed by atoms with Crippen molar-refractivity contribution in [2.24, 2.45) is 15.7 Å². The van der Waals surface area contributed by atoms with Gasteiger partial charge in [-0.1, -0.05) is 36.4 Å². The van der Waals surface area contributed by atoms with Crippen LogP contribution in [0.3, 0.4) is 0 Å². The van der Waals surface area contributed by atoms with Crippen molar-refractivity contribution in [3.05, 3.63) is 113 Å². The summed E-state index contributed by atoms with van der Waals surface area (Å²) in [5.74, 6) is 2.54. The van der Waals surface area contributed by atoms with Crippen LogP contribution in [0.4, 0.5) is 11.4 Å². The average Bonchev–Trinajstić information content (AvgIpc) is 3.83. The Kier molecular flexibility index (Phi) is 10.8. The monoisotopic (exact) mass is 767 g/mol. The Balaban J connectivity index is 0.846. The fourth-order valence-corrected chi connectivity index (χ4v) is 7.55. The maximum absolute atomic E-state index is 13.7. The van der Waals surface area contributed by atoms with E-state index < -0.39 is 0 Å². The number of rotatable bonds is 14. The normalized spacial score (nSPS) is 17.8. The lowest BCUT2D eigenvalue weighted by Crippen LogP contribution is -2.32. The molecule has 4 aromatic rings. The Hall–Kier alpha value is -6.40. The molecule has 0 unspecified atom stereocenters. The molecule has 57 heavy (non-hydrogen) atoms. The zero-order valence-corrected chi connectivity index (χ0v) is 32.3. The Morgan fingerprint density at radius 3 is 1.53 bits per heavy atom. The van der Waals surface area contributed by atoms with E-state index >= 15 is 0 Å². The summed E-state index contributed by atoms with van der Waals surface area (Å²) in [5.41, 5.74) is 13.1. The van der Waals surface area contributed by atoms with Crippen LogP contribution in [-0.4, -0.2) is 80.7 Å². The van der Waals surface area contributed by atoms with Crippen LogP contribution in [0.15, 0.2) is 95.2 Å². The van der Waals surface area contributed by atoms with Gasteiger partial charge in [-0.15, -0.1) is 0 Å². The first kappa shape index (κ1) is 37.5. The molecular weight excluding hydrogens is 723 g/mol. The number of nitrogens with zero attached hydrogens (tertiary/aromatic N) is 4. The molecule has 4 aromatic carbocycles. The van der Waals surface area contributed by atoms with Crippen molar-refractivity contribution in [3.63, 3.8) is 0 Å². The van der Waals surface area contributed by atoms with E-state index in [1.807, 2.05) is 73.4 Å². The summed E-state index contributed by atoms with van der Waals surface area (Å²) in [6.45, 7) is 1.38. The van der Waals surface area contributed by atoms with Gasteiger partial charge < -0.3 is 39.2 Å². The fourth-order valence-electron chi connectivity index (χ4n) is 7.55. The van der Waals surface area contributed by atoms with Crippen LogP contribution in [0.25, 0.3) is 11.1 Å². The van der Waals surface area contributed by atoms with Gasteiger partial charge >= 0.3 is 0 Å². The van der Waals surface area contributed by atoms with Gasteiger partial charge in [0.25, 0.3) is 11.8 Å². The summed E-state index contributed by atoms with van der Waals surface area (Å²) in [5, 5.41) is 0. The Morgan fingerprint density at radius 2 is 1.09 bits per heavy atom. The highest BCUT2D eigenvalue weighted by atomic mass is 16.5. The molecule has 0 bridgehead atoms. The third-order valence-corrected chi connectivity index (χ3v) is 10.8. The molecule has 12 nitrogen and oxygen atoms in total. The number of methoxy groups -OCH3 is 3. The number of benzene rings is 4. The van der Waals surface area contributed by atoms with E-state index in [-0.39, 0.29) is 23.9 Å². The number of ether oxygens (including phenoxy) is 5. The Morgan fingerprint density at radius 1 is 0.614 bits per heavy atom. The number of amides is 2. The molecule has 8 rings (SSSR count). The van der Waals surface area contributed by atoms with E-state index in [1.165, 1.54) is 0 Å². The molecule has 2 amide bonds. The molecule has 0 saturated carbocycles. The molecule has 4 heterocycles. The van der Waals surface area contributed by atoms with E-state index in [0.717, 1.165) is 52.8 Å². The molecule has 2 N–H and O–H groups in total. The summed E-state index contributed by atoms with van der Waals surface area (Å²) < 4.78 is 28.9. The first-order chi connectivity index (χ1) is 27.9. The van der Waals surface area contributed by atoms with E-state index in [1.54, 1.807) is 55.4 Å². The van der Waals surface area contributed by atoms with Gasteiger partial charge in [-0.05, 0) is 71.4 Å². The molecule has 4 aliphatic heterocycles. The van der Waals surface area contributed by atoms with E-state index in [2.05, 4.69) is 0 Å². The minimum absolute atomic E-state index is 0.132. The molecule has 0 aromatic heterocycles. The van der Waals surface area contributed by atoms with Crippen molar-refractivity contribution in [2.75, 3.05) is 34.5 Å². The summed E-state index contributed by atoms with van der Waals surface area (Å²) >= 11 is 0. The number of hydrogen-bond acceptors (Lipinski definition) is 10. The number of aliphatic imine (C=N–C) groups is 2. The van der Waals surface area contributed by atoms with Crippen LogP contribution in [0.5, 0.6) is 28.7 Å². The molecule has 2 atom stereocenters. The van der Waals surface area contributed by atoms with Gasteiger partial charge in [0, 0.05) is 56.3 Å². The van der Waals surface area contributed by atoms with Crippen molar-refractivity contribution in [2.45, 2.75) is 50.7 Å². The van der Waals surface area contributed by atoms with Gasteiger partial charge in [-0.25, -0.2) is 0 Å². The smallest absolute Gasteiger partial charge is 0.260 e. The average molecular weight is 768 g/mol.